The van der Waals surface area contributed by atoms with Crippen LogP contribution in [0.1, 0.15) is 29.3 Å². The summed E-state index contributed by atoms with van der Waals surface area (Å²) in [4.78, 5) is 19.2. The molecule has 21 heavy (non-hydrogen) atoms. The van der Waals surface area contributed by atoms with Crippen LogP contribution in [0.25, 0.3) is 10.9 Å². The molecule has 110 valence electrons. The zero-order valence-electron chi connectivity index (χ0n) is 12.5. The molecule has 4 heteroatoms. The van der Waals surface area contributed by atoms with Gasteiger partial charge in [-0.1, -0.05) is 18.2 Å². The van der Waals surface area contributed by atoms with Crippen LogP contribution in [0.5, 0.6) is 0 Å². The van der Waals surface area contributed by atoms with Gasteiger partial charge in [0.1, 0.15) is 0 Å². The number of aromatic nitrogens is 1. The Hall–Kier alpha value is -1.94. The van der Waals surface area contributed by atoms with Gasteiger partial charge in [0.15, 0.2) is 0 Å². The highest BCUT2D eigenvalue weighted by Gasteiger charge is 2.32. The number of rotatable bonds is 2. The van der Waals surface area contributed by atoms with Gasteiger partial charge in [0.05, 0.1) is 11.1 Å². The molecular weight excluding hydrogens is 262 g/mol. The predicted molar refractivity (Wildman–Crippen MR) is 84.1 cm³/mol. The molecule has 1 saturated heterocycles. The molecule has 2 heterocycles. The molecule has 4 nitrogen and oxygen atoms in total. The maximum atomic E-state index is 12.8. The molecule has 0 saturated carbocycles. The summed E-state index contributed by atoms with van der Waals surface area (Å²) < 4.78 is 0. The van der Waals surface area contributed by atoms with Crippen LogP contribution in [0.15, 0.2) is 30.5 Å². The highest BCUT2D eigenvalue weighted by Crippen LogP contribution is 2.26. The van der Waals surface area contributed by atoms with E-state index in [1.54, 1.807) is 6.20 Å². The maximum Gasteiger partial charge on any atom is 0.255 e. The molecule has 2 unspecified atom stereocenters. The average molecular weight is 283 g/mol. The van der Waals surface area contributed by atoms with Gasteiger partial charge in [-0.3, -0.25) is 9.78 Å². The monoisotopic (exact) mass is 283 g/mol. The van der Waals surface area contributed by atoms with E-state index in [1.807, 2.05) is 36.1 Å². The molecule has 1 aliphatic rings. The lowest BCUT2D eigenvalue weighted by atomic mass is 10.0. The van der Waals surface area contributed by atoms with E-state index >= 15 is 0 Å². The number of nitrogens with zero attached hydrogens (tertiary/aromatic N) is 2. The topological polar surface area (TPSA) is 59.2 Å². The first kappa shape index (κ1) is 14.0. The zero-order chi connectivity index (χ0) is 15.0. The molecule has 1 amide bonds. The summed E-state index contributed by atoms with van der Waals surface area (Å²) in [6.07, 6.45) is 2.70. The van der Waals surface area contributed by atoms with Crippen LogP contribution in [-0.2, 0) is 0 Å². The average Bonchev–Trinajstić information content (AvgIpc) is 2.88. The van der Waals surface area contributed by atoms with Crippen molar-refractivity contribution in [1.29, 1.82) is 0 Å². The number of benzene rings is 1. The Kier molecular flexibility index (Phi) is 3.64. The summed E-state index contributed by atoms with van der Waals surface area (Å²) in [5.41, 5.74) is 8.40. The van der Waals surface area contributed by atoms with Gasteiger partial charge in [0.25, 0.3) is 5.91 Å². The molecule has 0 aliphatic carbocycles. The molecule has 0 radical (unpaired) electrons. The molecular formula is C17H21N3O. The van der Waals surface area contributed by atoms with Crippen LogP contribution in [-0.4, -0.2) is 34.9 Å². The van der Waals surface area contributed by atoms with Crippen LogP contribution >= 0.6 is 0 Å². The van der Waals surface area contributed by atoms with E-state index in [0.717, 1.165) is 29.4 Å². The number of amides is 1. The molecule has 3 rings (SSSR count). The first-order valence-electron chi connectivity index (χ1n) is 7.47. The number of para-hydroxylation sites is 1. The number of hydrogen-bond acceptors (Lipinski definition) is 3. The number of likely N-dealkylation sites (tertiary alicyclic amines) is 1. The summed E-state index contributed by atoms with van der Waals surface area (Å²) in [7, 11) is 0. The van der Waals surface area contributed by atoms with E-state index in [0.29, 0.717) is 18.0 Å². The van der Waals surface area contributed by atoms with Crippen molar-refractivity contribution < 1.29 is 4.79 Å². The molecule has 1 fully saturated rings. The molecule has 2 aromatic rings. The van der Waals surface area contributed by atoms with Crippen molar-refractivity contribution in [3.63, 3.8) is 0 Å². The minimum atomic E-state index is 0.0780. The third kappa shape index (κ3) is 2.40. The number of carbonyl (C=O) groups is 1. The summed E-state index contributed by atoms with van der Waals surface area (Å²) in [5.74, 6) is 0.492. The van der Waals surface area contributed by atoms with Gasteiger partial charge in [-0.05, 0) is 44.4 Å². The summed E-state index contributed by atoms with van der Waals surface area (Å²) in [6.45, 7) is 5.49. The van der Waals surface area contributed by atoms with E-state index in [2.05, 4.69) is 11.9 Å². The fourth-order valence-corrected chi connectivity index (χ4v) is 3.25. The van der Waals surface area contributed by atoms with Gasteiger partial charge in [-0.15, -0.1) is 0 Å². The lowest BCUT2D eigenvalue weighted by Crippen LogP contribution is -2.35. The SMILES string of the molecule is Cc1c(C(=O)N2CC(CN)CC2C)cnc2ccccc12. The Labute approximate surface area is 125 Å². The van der Waals surface area contributed by atoms with Crippen LogP contribution < -0.4 is 5.73 Å². The molecule has 1 aliphatic heterocycles. The molecule has 0 spiro atoms. The van der Waals surface area contributed by atoms with Crippen molar-refractivity contribution in [1.82, 2.24) is 9.88 Å². The fraction of sp³-hybridized carbons (Fsp3) is 0.412. The number of pyridine rings is 1. The third-order valence-corrected chi connectivity index (χ3v) is 4.53. The second kappa shape index (κ2) is 5.45. The Morgan fingerprint density at radius 3 is 2.90 bits per heavy atom. The highest BCUT2D eigenvalue weighted by atomic mass is 16.2. The van der Waals surface area contributed by atoms with Crippen molar-refractivity contribution in [3.8, 4) is 0 Å². The van der Waals surface area contributed by atoms with E-state index in [9.17, 15) is 4.79 Å². The Morgan fingerprint density at radius 1 is 1.43 bits per heavy atom. The van der Waals surface area contributed by atoms with Crippen molar-refractivity contribution in [3.05, 3.63) is 41.6 Å². The Balaban J connectivity index is 1.97. The smallest absolute Gasteiger partial charge is 0.255 e. The van der Waals surface area contributed by atoms with E-state index in [1.165, 1.54) is 0 Å². The van der Waals surface area contributed by atoms with Crippen molar-refractivity contribution >= 4 is 16.8 Å². The maximum absolute atomic E-state index is 12.8. The van der Waals surface area contributed by atoms with Gasteiger partial charge in [0.2, 0.25) is 0 Å². The van der Waals surface area contributed by atoms with Gasteiger partial charge in [0, 0.05) is 24.2 Å². The Morgan fingerprint density at radius 2 is 2.19 bits per heavy atom. The van der Waals surface area contributed by atoms with Gasteiger partial charge in [-0.25, -0.2) is 0 Å². The number of aryl methyl sites for hydroxylation is 1. The van der Waals surface area contributed by atoms with Crippen LogP contribution in [0.2, 0.25) is 0 Å². The van der Waals surface area contributed by atoms with Crippen molar-refractivity contribution in [2.45, 2.75) is 26.3 Å². The number of carbonyl (C=O) groups excluding carboxylic acids is 1. The molecule has 0 bridgehead atoms. The Bertz CT molecular complexity index is 683. The summed E-state index contributed by atoms with van der Waals surface area (Å²) in [5, 5.41) is 1.05. The van der Waals surface area contributed by atoms with Gasteiger partial charge < -0.3 is 10.6 Å². The first-order chi connectivity index (χ1) is 10.1. The largest absolute Gasteiger partial charge is 0.336 e. The lowest BCUT2D eigenvalue weighted by molar-refractivity contribution is 0.0742. The quantitative estimate of drug-likeness (QED) is 0.920. The van der Waals surface area contributed by atoms with Crippen molar-refractivity contribution in [2.75, 3.05) is 13.1 Å². The second-order valence-corrected chi connectivity index (χ2v) is 5.96. The first-order valence-corrected chi connectivity index (χ1v) is 7.47. The van der Waals surface area contributed by atoms with Crippen molar-refractivity contribution in [2.24, 2.45) is 11.7 Å². The van der Waals surface area contributed by atoms with Gasteiger partial charge >= 0.3 is 0 Å². The minimum Gasteiger partial charge on any atom is -0.336 e. The van der Waals surface area contributed by atoms with Crippen LogP contribution in [0.3, 0.4) is 0 Å². The van der Waals surface area contributed by atoms with Crippen LogP contribution in [0.4, 0.5) is 0 Å². The predicted octanol–water partition coefficient (Wildman–Crippen LogP) is 2.35. The molecule has 2 atom stereocenters. The highest BCUT2D eigenvalue weighted by molar-refractivity contribution is 6.00. The number of fused-ring (bicyclic) bond motifs is 1. The van der Waals surface area contributed by atoms with Gasteiger partial charge in [-0.2, -0.15) is 0 Å². The van der Waals surface area contributed by atoms with E-state index in [-0.39, 0.29) is 11.9 Å². The van der Waals surface area contributed by atoms with E-state index < -0.39 is 0 Å². The summed E-state index contributed by atoms with van der Waals surface area (Å²) >= 11 is 0. The van der Waals surface area contributed by atoms with E-state index in [4.69, 9.17) is 5.73 Å². The zero-order valence-corrected chi connectivity index (χ0v) is 12.5. The minimum absolute atomic E-state index is 0.0780. The third-order valence-electron chi connectivity index (χ3n) is 4.53. The normalized spacial score (nSPS) is 22.0. The molecule has 1 aromatic carbocycles. The number of hydrogen-bond donors (Lipinski definition) is 1. The molecule has 2 N–H and O–H groups in total. The molecule has 1 aromatic heterocycles. The van der Waals surface area contributed by atoms with Crippen LogP contribution in [0, 0.1) is 12.8 Å². The second-order valence-electron chi connectivity index (χ2n) is 5.96. The standard InChI is InChI=1S/C17H21N3O/c1-11-7-13(8-18)10-20(11)17(21)15-9-19-16-6-4-3-5-14(16)12(15)2/h3-6,9,11,13H,7-8,10,18H2,1-2H3. The summed E-state index contributed by atoms with van der Waals surface area (Å²) in [6, 6.07) is 8.18. The number of nitrogens with two attached hydrogens (primary N) is 1. The lowest BCUT2D eigenvalue weighted by Gasteiger charge is -2.22. The fourth-order valence-electron chi connectivity index (χ4n) is 3.25.